The van der Waals surface area contributed by atoms with Gasteiger partial charge in [0.1, 0.15) is 5.75 Å². The number of phenols is 1. The van der Waals surface area contributed by atoms with Gasteiger partial charge in [0.25, 0.3) is 0 Å². The van der Waals surface area contributed by atoms with E-state index in [1.165, 1.54) is 5.56 Å². The highest BCUT2D eigenvalue weighted by atomic mass is 16.3. The summed E-state index contributed by atoms with van der Waals surface area (Å²) in [4.78, 5) is 16.7. The Balaban J connectivity index is 1.17. The van der Waals surface area contributed by atoms with Crippen molar-refractivity contribution in [3.05, 3.63) is 83.7 Å². The molecule has 150 valence electrons. The van der Waals surface area contributed by atoms with Crippen LogP contribution in [0, 0.1) is 0 Å². The van der Waals surface area contributed by atoms with Crippen molar-refractivity contribution in [3.63, 3.8) is 0 Å². The third-order valence-corrected chi connectivity index (χ3v) is 5.84. The maximum Gasteiger partial charge on any atom is 0.229 e. The number of benzene rings is 2. The number of aromatic amines is 1. The van der Waals surface area contributed by atoms with E-state index in [0.717, 1.165) is 35.0 Å². The Morgan fingerprint density at radius 1 is 1.07 bits per heavy atom. The molecule has 0 radical (unpaired) electrons. The average molecular weight is 398 g/mol. The molecule has 0 saturated heterocycles. The van der Waals surface area contributed by atoms with Crippen LogP contribution in [-0.2, 0) is 11.2 Å². The molecule has 1 fully saturated rings. The van der Waals surface area contributed by atoms with Gasteiger partial charge in [0, 0.05) is 29.3 Å². The minimum Gasteiger partial charge on any atom is -0.508 e. The number of carbonyl (C=O) groups excluding carboxylic acids is 1. The Kier molecular flexibility index (Phi) is 4.67. The highest BCUT2D eigenvalue weighted by Crippen LogP contribution is 2.47. The van der Waals surface area contributed by atoms with Crippen LogP contribution >= 0.6 is 0 Å². The number of hydrogen-bond donors (Lipinski definition) is 3. The van der Waals surface area contributed by atoms with Crippen molar-refractivity contribution >= 4 is 22.6 Å². The number of nitrogens with zero attached hydrogens (tertiary/aromatic N) is 2. The quantitative estimate of drug-likeness (QED) is 0.461. The molecule has 1 aliphatic carbocycles. The summed E-state index contributed by atoms with van der Waals surface area (Å²) in [5.74, 6) is 1.68. The molecule has 1 saturated carbocycles. The fourth-order valence-electron chi connectivity index (χ4n) is 4.11. The summed E-state index contributed by atoms with van der Waals surface area (Å²) in [6, 6.07) is 19.1. The molecular formula is C24H22N4O2. The highest BCUT2D eigenvalue weighted by molar-refractivity contribution is 5.92. The first-order chi connectivity index (χ1) is 14.6. The maximum absolute atomic E-state index is 12.4. The summed E-state index contributed by atoms with van der Waals surface area (Å²) in [7, 11) is 0. The van der Waals surface area contributed by atoms with Crippen LogP contribution in [0.4, 0.5) is 5.82 Å². The number of H-pyrrole nitrogens is 1. The van der Waals surface area contributed by atoms with Gasteiger partial charge in [0.05, 0.1) is 11.9 Å². The van der Waals surface area contributed by atoms with Crippen LogP contribution < -0.4 is 5.32 Å². The average Bonchev–Trinajstić information content (AvgIpc) is 3.16. The monoisotopic (exact) mass is 398 g/mol. The fraction of sp³-hybridized carbons (Fsp3) is 0.208. The van der Waals surface area contributed by atoms with Crippen molar-refractivity contribution in [1.82, 2.24) is 15.2 Å². The predicted octanol–water partition coefficient (Wildman–Crippen LogP) is 4.51. The Hall–Kier alpha value is -3.67. The molecule has 0 aliphatic heterocycles. The lowest BCUT2D eigenvalue weighted by Gasteiger charge is -2.34. The Labute approximate surface area is 174 Å². The zero-order valence-corrected chi connectivity index (χ0v) is 16.4. The van der Waals surface area contributed by atoms with Gasteiger partial charge < -0.3 is 10.4 Å². The zero-order chi connectivity index (χ0) is 20.5. The van der Waals surface area contributed by atoms with Crippen LogP contribution in [-0.4, -0.2) is 26.2 Å². The van der Waals surface area contributed by atoms with E-state index >= 15 is 0 Å². The van der Waals surface area contributed by atoms with Gasteiger partial charge in [-0.2, -0.15) is 5.10 Å². The third kappa shape index (κ3) is 3.76. The van der Waals surface area contributed by atoms with Crippen LogP contribution in [0.25, 0.3) is 10.9 Å². The normalized spacial score (nSPS) is 18.1. The molecule has 2 aromatic carbocycles. The van der Waals surface area contributed by atoms with Crippen molar-refractivity contribution in [2.24, 2.45) is 0 Å². The number of hydrogen-bond acceptors (Lipinski definition) is 4. The van der Waals surface area contributed by atoms with Crippen LogP contribution in [0.3, 0.4) is 0 Å². The molecule has 30 heavy (non-hydrogen) atoms. The number of anilines is 1. The van der Waals surface area contributed by atoms with Gasteiger partial charge in [0.15, 0.2) is 5.82 Å². The molecule has 1 aliphatic rings. The first-order valence-corrected chi connectivity index (χ1v) is 10.1. The lowest BCUT2D eigenvalue weighted by molar-refractivity contribution is -0.115. The summed E-state index contributed by atoms with van der Waals surface area (Å²) in [6.07, 6.45) is 4.12. The van der Waals surface area contributed by atoms with Crippen molar-refractivity contribution in [3.8, 4) is 5.75 Å². The fourth-order valence-corrected chi connectivity index (χ4v) is 4.11. The van der Waals surface area contributed by atoms with Gasteiger partial charge in [-0.15, -0.1) is 0 Å². The number of aromatic hydroxyl groups is 1. The Bertz CT molecular complexity index is 1190. The van der Waals surface area contributed by atoms with E-state index in [-0.39, 0.29) is 5.91 Å². The molecule has 0 atom stereocenters. The molecule has 2 aromatic heterocycles. The number of carbonyl (C=O) groups is 1. The van der Waals surface area contributed by atoms with Gasteiger partial charge in [-0.05, 0) is 60.2 Å². The van der Waals surface area contributed by atoms with Crippen molar-refractivity contribution in [2.75, 3.05) is 5.32 Å². The molecule has 3 N–H and O–H groups in total. The number of aromatic nitrogens is 3. The maximum atomic E-state index is 12.4. The van der Waals surface area contributed by atoms with Crippen LogP contribution in [0.5, 0.6) is 5.75 Å². The van der Waals surface area contributed by atoms with E-state index in [9.17, 15) is 9.90 Å². The number of rotatable bonds is 5. The van der Waals surface area contributed by atoms with E-state index < -0.39 is 0 Å². The first kappa shape index (κ1) is 18.4. The summed E-state index contributed by atoms with van der Waals surface area (Å²) in [5, 5.41) is 20.7. The predicted molar refractivity (Wildman–Crippen MR) is 115 cm³/mol. The molecule has 0 bridgehead atoms. The summed E-state index contributed by atoms with van der Waals surface area (Å²) >= 11 is 0. The lowest BCUT2D eigenvalue weighted by atomic mass is 9.70. The molecule has 2 heterocycles. The number of pyridine rings is 1. The van der Waals surface area contributed by atoms with E-state index in [2.05, 4.69) is 20.5 Å². The van der Waals surface area contributed by atoms with E-state index in [1.807, 2.05) is 48.5 Å². The topological polar surface area (TPSA) is 90.9 Å². The van der Waals surface area contributed by atoms with Crippen LogP contribution in [0.2, 0.25) is 0 Å². The second-order valence-electron chi connectivity index (χ2n) is 7.92. The second-order valence-corrected chi connectivity index (χ2v) is 7.92. The van der Waals surface area contributed by atoms with Gasteiger partial charge in [-0.1, -0.05) is 24.3 Å². The van der Waals surface area contributed by atoms with E-state index in [0.29, 0.717) is 29.8 Å². The van der Waals surface area contributed by atoms with Crippen molar-refractivity contribution < 1.29 is 9.90 Å². The molecule has 6 heteroatoms. The molecule has 1 amide bonds. The smallest absolute Gasteiger partial charge is 0.229 e. The van der Waals surface area contributed by atoms with Crippen LogP contribution in [0.1, 0.15) is 41.5 Å². The largest absolute Gasteiger partial charge is 0.508 e. The van der Waals surface area contributed by atoms with Crippen molar-refractivity contribution in [2.45, 2.75) is 31.1 Å². The molecule has 6 nitrogen and oxygen atoms in total. The molecule has 5 rings (SSSR count). The first-order valence-electron chi connectivity index (χ1n) is 10.1. The summed E-state index contributed by atoms with van der Waals surface area (Å²) < 4.78 is 0. The number of nitrogens with one attached hydrogen (secondary N) is 2. The molecule has 0 unspecified atom stereocenters. The van der Waals surface area contributed by atoms with E-state index in [1.54, 1.807) is 18.3 Å². The Morgan fingerprint density at radius 3 is 2.73 bits per heavy atom. The van der Waals surface area contributed by atoms with Gasteiger partial charge in [-0.25, -0.2) is 0 Å². The van der Waals surface area contributed by atoms with Crippen LogP contribution in [0.15, 0.2) is 66.9 Å². The third-order valence-electron chi connectivity index (χ3n) is 5.84. The number of amides is 1. The van der Waals surface area contributed by atoms with Gasteiger partial charge in [-0.3, -0.25) is 14.9 Å². The minimum absolute atomic E-state index is 0.0909. The summed E-state index contributed by atoms with van der Waals surface area (Å²) in [6.45, 7) is 0. The Morgan fingerprint density at radius 2 is 1.90 bits per heavy atom. The minimum atomic E-state index is -0.0909. The standard InChI is InChI=1S/C24H22N4O2/c29-20-6-4-16(5-7-20)18-12-19(13-18)22-14-23(28-27-22)26-24(30)11-15-3-8-21-17(10-15)2-1-9-25-21/h1-10,14,18-19,29H,11-13H2,(H2,26,27,28,30)/t18-,19+. The summed E-state index contributed by atoms with van der Waals surface area (Å²) in [5.41, 5.74) is 4.17. The molecular weight excluding hydrogens is 376 g/mol. The van der Waals surface area contributed by atoms with Gasteiger partial charge in [0.2, 0.25) is 5.91 Å². The SMILES string of the molecule is O=C(Cc1ccc2ncccc2c1)Nc1cc([C@H]2C[C@@H](c3ccc(O)cc3)C2)[nH]n1. The van der Waals surface area contributed by atoms with Crippen molar-refractivity contribution in [1.29, 1.82) is 0 Å². The molecule has 4 aromatic rings. The lowest BCUT2D eigenvalue weighted by Crippen LogP contribution is -2.20. The zero-order valence-electron chi connectivity index (χ0n) is 16.4. The number of phenolic OH excluding ortho intramolecular Hbond substituents is 1. The van der Waals surface area contributed by atoms with E-state index in [4.69, 9.17) is 0 Å². The second kappa shape index (κ2) is 7.63. The molecule has 0 spiro atoms. The highest BCUT2D eigenvalue weighted by Gasteiger charge is 2.32. The van der Waals surface area contributed by atoms with Gasteiger partial charge >= 0.3 is 0 Å². The number of fused-ring (bicyclic) bond motifs is 1.